The van der Waals surface area contributed by atoms with Gasteiger partial charge < -0.3 is 5.32 Å². The van der Waals surface area contributed by atoms with E-state index in [0.29, 0.717) is 34.6 Å². The van der Waals surface area contributed by atoms with Crippen molar-refractivity contribution in [3.63, 3.8) is 0 Å². The van der Waals surface area contributed by atoms with E-state index < -0.39 is 11.1 Å². The van der Waals surface area contributed by atoms with Crippen molar-refractivity contribution in [2.24, 2.45) is 0 Å². The first-order chi connectivity index (χ1) is 12.5. The Bertz CT molecular complexity index is 894. The van der Waals surface area contributed by atoms with Gasteiger partial charge in [-0.3, -0.25) is 19.7 Å². The minimum atomic E-state index is -0.421. The Morgan fingerprint density at radius 2 is 1.85 bits per heavy atom. The molecule has 132 valence electrons. The van der Waals surface area contributed by atoms with Gasteiger partial charge >= 0.3 is 0 Å². The molecule has 2 aromatic rings. The van der Waals surface area contributed by atoms with E-state index in [1.165, 1.54) is 6.07 Å². The number of hydrogen-bond donors (Lipinski definition) is 2. The van der Waals surface area contributed by atoms with Gasteiger partial charge in [-0.25, -0.2) is 4.39 Å². The fourth-order valence-electron chi connectivity index (χ4n) is 2.42. The summed E-state index contributed by atoms with van der Waals surface area (Å²) in [7, 11) is 0. The monoisotopic (exact) mass is 370 g/mol. The van der Waals surface area contributed by atoms with Gasteiger partial charge in [0.05, 0.1) is 4.91 Å². The average molecular weight is 370 g/mol. The number of thioether (sulfide) groups is 1. The molecule has 1 aliphatic rings. The predicted molar refractivity (Wildman–Crippen MR) is 98.0 cm³/mol. The lowest BCUT2D eigenvalue weighted by molar-refractivity contribution is -0.115. The molecule has 0 atom stereocenters. The van der Waals surface area contributed by atoms with Crippen LogP contribution in [0.2, 0.25) is 0 Å². The molecular weight excluding hydrogens is 355 g/mol. The van der Waals surface area contributed by atoms with Gasteiger partial charge in [-0.1, -0.05) is 30.3 Å². The van der Waals surface area contributed by atoms with Crippen LogP contribution in [-0.4, -0.2) is 23.6 Å². The van der Waals surface area contributed by atoms with Crippen LogP contribution in [-0.2, 0) is 11.2 Å². The summed E-state index contributed by atoms with van der Waals surface area (Å²) in [4.78, 5) is 35.1. The van der Waals surface area contributed by atoms with Gasteiger partial charge in [0.15, 0.2) is 0 Å². The van der Waals surface area contributed by atoms with E-state index in [4.69, 9.17) is 0 Å². The molecule has 1 aliphatic heterocycles. The Hall–Kier alpha value is -2.93. The second kappa shape index (κ2) is 7.97. The van der Waals surface area contributed by atoms with Crippen LogP contribution in [0.25, 0.3) is 6.08 Å². The van der Waals surface area contributed by atoms with Crippen LogP contribution in [0, 0.1) is 5.82 Å². The van der Waals surface area contributed by atoms with E-state index in [2.05, 4.69) is 10.6 Å². The van der Waals surface area contributed by atoms with Crippen LogP contribution in [0.15, 0.2) is 53.4 Å². The normalized spacial score (nSPS) is 15.2. The summed E-state index contributed by atoms with van der Waals surface area (Å²) in [5.41, 5.74) is 1.72. The number of halogens is 1. The SMILES string of the molecule is O=C1NC(=O)/C(=C/c2ccc(C(=O)NCCc3ccccc3F)cc2)S1. The third-order valence-electron chi connectivity index (χ3n) is 3.75. The average Bonchev–Trinajstić information content (AvgIpc) is 2.94. The van der Waals surface area contributed by atoms with Gasteiger partial charge in [-0.05, 0) is 53.6 Å². The molecule has 0 bridgehead atoms. The summed E-state index contributed by atoms with van der Waals surface area (Å²) in [6, 6.07) is 13.1. The Morgan fingerprint density at radius 3 is 2.50 bits per heavy atom. The first-order valence-electron chi connectivity index (χ1n) is 7.89. The Morgan fingerprint density at radius 1 is 1.12 bits per heavy atom. The number of benzene rings is 2. The molecule has 0 radical (unpaired) electrons. The minimum Gasteiger partial charge on any atom is -0.352 e. The first kappa shape index (κ1) is 17.9. The van der Waals surface area contributed by atoms with Gasteiger partial charge in [0.2, 0.25) is 0 Å². The fourth-order valence-corrected chi connectivity index (χ4v) is 3.10. The molecular formula is C19H15FN2O3S. The van der Waals surface area contributed by atoms with Crippen molar-refractivity contribution in [2.45, 2.75) is 6.42 Å². The van der Waals surface area contributed by atoms with Gasteiger partial charge in [-0.2, -0.15) is 0 Å². The highest BCUT2D eigenvalue weighted by Crippen LogP contribution is 2.25. The standard InChI is InChI=1S/C19H15FN2O3S/c20-15-4-2-1-3-13(15)9-10-21-17(23)14-7-5-12(6-8-14)11-16-18(24)22-19(25)26-16/h1-8,11H,9-10H2,(H,21,23)(H,22,24,25)/b16-11-. The van der Waals surface area contributed by atoms with Crippen LogP contribution >= 0.6 is 11.8 Å². The van der Waals surface area contributed by atoms with Gasteiger partial charge in [0, 0.05) is 12.1 Å². The molecule has 0 aromatic heterocycles. The first-order valence-corrected chi connectivity index (χ1v) is 8.71. The highest BCUT2D eigenvalue weighted by molar-refractivity contribution is 8.18. The highest BCUT2D eigenvalue weighted by Gasteiger charge is 2.24. The number of amides is 3. The number of imide groups is 1. The Labute approximate surface area is 153 Å². The molecule has 0 saturated carbocycles. The Balaban J connectivity index is 1.57. The molecule has 7 heteroatoms. The predicted octanol–water partition coefficient (Wildman–Crippen LogP) is 3.12. The van der Waals surface area contributed by atoms with Crippen LogP contribution in [0.5, 0.6) is 0 Å². The van der Waals surface area contributed by atoms with Gasteiger partial charge in [-0.15, -0.1) is 0 Å². The number of carbonyl (C=O) groups is 3. The molecule has 3 rings (SSSR count). The van der Waals surface area contributed by atoms with Crippen molar-refractivity contribution in [3.8, 4) is 0 Å². The molecule has 0 aliphatic carbocycles. The second-order valence-corrected chi connectivity index (χ2v) is 6.59. The van der Waals surface area contributed by atoms with Crippen LogP contribution in [0.3, 0.4) is 0 Å². The molecule has 1 fully saturated rings. The maximum atomic E-state index is 13.5. The van der Waals surface area contributed by atoms with E-state index in [9.17, 15) is 18.8 Å². The topological polar surface area (TPSA) is 75.3 Å². The molecule has 3 amide bonds. The smallest absolute Gasteiger partial charge is 0.290 e. The summed E-state index contributed by atoms with van der Waals surface area (Å²) >= 11 is 0.841. The van der Waals surface area contributed by atoms with Crippen molar-refractivity contribution in [1.82, 2.24) is 10.6 Å². The lowest BCUT2D eigenvalue weighted by Gasteiger charge is -2.06. The molecule has 5 nitrogen and oxygen atoms in total. The number of rotatable bonds is 5. The lowest BCUT2D eigenvalue weighted by atomic mass is 10.1. The highest BCUT2D eigenvalue weighted by atomic mass is 32.2. The molecule has 26 heavy (non-hydrogen) atoms. The summed E-state index contributed by atoms with van der Waals surface area (Å²) in [5.74, 6) is -0.967. The fraction of sp³-hybridized carbons (Fsp3) is 0.105. The van der Waals surface area contributed by atoms with Gasteiger partial charge in [0.1, 0.15) is 5.82 Å². The van der Waals surface area contributed by atoms with Crippen molar-refractivity contribution in [3.05, 3.63) is 75.9 Å². The zero-order valence-corrected chi connectivity index (χ0v) is 14.4. The van der Waals surface area contributed by atoms with Crippen LogP contribution in [0.1, 0.15) is 21.5 Å². The van der Waals surface area contributed by atoms with E-state index in [1.54, 1.807) is 48.5 Å². The third kappa shape index (κ3) is 4.37. The molecule has 0 spiro atoms. The van der Waals surface area contributed by atoms with E-state index in [0.717, 1.165) is 11.8 Å². The second-order valence-electron chi connectivity index (χ2n) is 5.57. The minimum absolute atomic E-state index is 0.260. The zero-order chi connectivity index (χ0) is 18.5. The van der Waals surface area contributed by atoms with Crippen LogP contribution < -0.4 is 10.6 Å². The molecule has 1 saturated heterocycles. The van der Waals surface area contributed by atoms with Crippen molar-refractivity contribution >= 4 is 34.9 Å². The molecule has 1 heterocycles. The summed E-state index contributed by atoms with van der Waals surface area (Å²) in [6.45, 7) is 0.324. The van der Waals surface area contributed by atoms with E-state index >= 15 is 0 Å². The van der Waals surface area contributed by atoms with E-state index in [-0.39, 0.29) is 11.7 Å². The Kier molecular flexibility index (Phi) is 5.48. The summed E-state index contributed by atoms with van der Waals surface area (Å²) in [6.07, 6.45) is 1.99. The molecule has 0 unspecified atom stereocenters. The largest absolute Gasteiger partial charge is 0.352 e. The molecule has 2 N–H and O–H groups in total. The summed E-state index contributed by atoms with van der Waals surface area (Å²) in [5, 5.41) is 4.53. The van der Waals surface area contributed by atoms with Gasteiger partial charge in [0.25, 0.3) is 17.1 Å². The lowest BCUT2D eigenvalue weighted by Crippen LogP contribution is -2.25. The summed E-state index contributed by atoms with van der Waals surface area (Å²) < 4.78 is 13.5. The van der Waals surface area contributed by atoms with Crippen LogP contribution in [0.4, 0.5) is 9.18 Å². The number of carbonyl (C=O) groups excluding carboxylic acids is 3. The maximum absolute atomic E-state index is 13.5. The molecule has 2 aromatic carbocycles. The van der Waals surface area contributed by atoms with Crippen molar-refractivity contribution < 1.29 is 18.8 Å². The number of nitrogens with one attached hydrogen (secondary N) is 2. The maximum Gasteiger partial charge on any atom is 0.290 e. The van der Waals surface area contributed by atoms with Crippen molar-refractivity contribution in [2.75, 3.05) is 6.54 Å². The number of hydrogen-bond acceptors (Lipinski definition) is 4. The third-order valence-corrected chi connectivity index (χ3v) is 4.56. The zero-order valence-electron chi connectivity index (χ0n) is 13.6. The quantitative estimate of drug-likeness (QED) is 0.793. The van der Waals surface area contributed by atoms with Crippen molar-refractivity contribution in [1.29, 1.82) is 0 Å². The van der Waals surface area contributed by atoms with E-state index in [1.807, 2.05) is 0 Å².